The molecule has 0 amide bonds. The van der Waals surface area contributed by atoms with Crippen LogP contribution in [0.4, 0.5) is 8.78 Å². The lowest BCUT2D eigenvalue weighted by atomic mass is 10.2. The van der Waals surface area contributed by atoms with Crippen molar-refractivity contribution in [3.05, 3.63) is 53.6 Å². The van der Waals surface area contributed by atoms with Gasteiger partial charge in [0.2, 0.25) is 0 Å². The number of ether oxygens (including phenoxy) is 4. The third-order valence-electron chi connectivity index (χ3n) is 2.81. The van der Waals surface area contributed by atoms with E-state index >= 15 is 0 Å². The van der Waals surface area contributed by atoms with Crippen LogP contribution in [0, 0.1) is 11.6 Å². The van der Waals surface area contributed by atoms with Crippen molar-refractivity contribution in [1.82, 2.24) is 0 Å². The molecule has 0 radical (unpaired) electrons. The van der Waals surface area contributed by atoms with Crippen LogP contribution < -0.4 is 4.74 Å². The van der Waals surface area contributed by atoms with Gasteiger partial charge in [-0.1, -0.05) is 6.08 Å². The summed E-state index contributed by atoms with van der Waals surface area (Å²) in [5.74, 6) is -4.73. The van der Waals surface area contributed by atoms with E-state index in [9.17, 15) is 23.2 Å². The van der Waals surface area contributed by atoms with Crippen LogP contribution >= 0.6 is 0 Å². The first-order chi connectivity index (χ1) is 12.4. The quantitative estimate of drug-likeness (QED) is 0.299. The molecule has 1 aromatic rings. The van der Waals surface area contributed by atoms with E-state index in [4.69, 9.17) is 9.47 Å². The summed E-state index contributed by atoms with van der Waals surface area (Å²) in [6, 6.07) is 1.60. The third-order valence-corrected chi connectivity index (χ3v) is 2.81. The van der Waals surface area contributed by atoms with Crippen LogP contribution in [0.25, 0.3) is 0 Å². The molecule has 0 aliphatic heterocycles. The maximum Gasteiger partial charge on any atom is 0.336 e. The fraction of sp³-hybridized carbons (Fsp3) is 0.235. The lowest BCUT2D eigenvalue weighted by Crippen LogP contribution is -2.07. The minimum absolute atomic E-state index is 0.0664. The van der Waals surface area contributed by atoms with Gasteiger partial charge < -0.3 is 18.9 Å². The highest BCUT2D eigenvalue weighted by Gasteiger charge is 2.13. The van der Waals surface area contributed by atoms with Crippen LogP contribution in [0.1, 0.15) is 5.56 Å². The van der Waals surface area contributed by atoms with Gasteiger partial charge in [0.15, 0.2) is 0 Å². The number of halogens is 2. The van der Waals surface area contributed by atoms with Crippen molar-refractivity contribution in [2.75, 3.05) is 20.8 Å². The fourth-order valence-electron chi connectivity index (χ4n) is 1.57. The molecule has 0 unspecified atom stereocenters. The minimum atomic E-state index is -1.01. The molecule has 0 N–H and O–H groups in total. The molecule has 9 heteroatoms. The van der Waals surface area contributed by atoms with Gasteiger partial charge in [-0.15, -0.1) is 0 Å². The molecular formula is C17H16F2O7. The van der Waals surface area contributed by atoms with Crippen molar-refractivity contribution in [1.29, 1.82) is 0 Å². The SMILES string of the molecule is COC(=O)/C=C/COCc1c(F)cc(OC(=O)/C=C/C(=O)OC)cc1F. The molecule has 0 aromatic heterocycles. The van der Waals surface area contributed by atoms with E-state index in [0.29, 0.717) is 0 Å². The molecule has 1 rings (SSSR count). The van der Waals surface area contributed by atoms with Crippen molar-refractivity contribution in [2.24, 2.45) is 0 Å². The summed E-state index contributed by atoms with van der Waals surface area (Å²) in [7, 11) is 2.33. The summed E-state index contributed by atoms with van der Waals surface area (Å²) in [6.45, 7) is -0.470. The lowest BCUT2D eigenvalue weighted by Gasteiger charge is -2.08. The second-order valence-electron chi connectivity index (χ2n) is 4.58. The Balaban J connectivity index is 2.66. The zero-order valence-corrected chi connectivity index (χ0v) is 14.0. The number of carbonyl (C=O) groups is 3. The summed E-state index contributed by atoms with van der Waals surface area (Å²) in [6.07, 6.45) is 3.99. The first-order valence-corrected chi connectivity index (χ1v) is 7.15. The van der Waals surface area contributed by atoms with Crippen LogP contribution in [-0.4, -0.2) is 38.7 Å². The Morgan fingerprint density at radius 3 is 2.04 bits per heavy atom. The van der Waals surface area contributed by atoms with E-state index in [1.807, 2.05) is 0 Å². The van der Waals surface area contributed by atoms with Crippen molar-refractivity contribution >= 4 is 17.9 Å². The maximum absolute atomic E-state index is 13.9. The number of hydrogen-bond donors (Lipinski definition) is 0. The Hall–Kier alpha value is -3.07. The molecule has 0 saturated heterocycles. The largest absolute Gasteiger partial charge is 0.466 e. The van der Waals surface area contributed by atoms with Gasteiger partial charge in [-0.05, 0) is 0 Å². The molecular weight excluding hydrogens is 354 g/mol. The van der Waals surface area contributed by atoms with E-state index in [1.54, 1.807) is 0 Å². The average Bonchev–Trinajstić information content (AvgIpc) is 2.60. The van der Waals surface area contributed by atoms with Gasteiger partial charge in [-0.25, -0.2) is 23.2 Å². The monoisotopic (exact) mass is 370 g/mol. The second-order valence-corrected chi connectivity index (χ2v) is 4.58. The zero-order chi connectivity index (χ0) is 19.5. The van der Waals surface area contributed by atoms with Crippen LogP contribution in [-0.2, 0) is 35.2 Å². The third kappa shape index (κ3) is 7.22. The number of benzene rings is 1. The van der Waals surface area contributed by atoms with E-state index in [-0.39, 0.29) is 17.9 Å². The summed E-state index contributed by atoms with van der Waals surface area (Å²) >= 11 is 0. The minimum Gasteiger partial charge on any atom is -0.466 e. The molecule has 7 nitrogen and oxygen atoms in total. The van der Waals surface area contributed by atoms with Gasteiger partial charge in [-0.2, -0.15) is 0 Å². The van der Waals surface area contributed by atoms with Crippen molar-refractivity contribution in [2.45, 2.75) is 6.61 Å². The van der Waals surface area contributed by atoms with E-state index in [0.717, 1.165) is 37.5 Å². The van der Waals surface area contributed by atoms with Crippen molar-refractivity contribution in [3.63, 3.8) is 0 Å². The van der Waals surface area contributed by atoms with Gasteiger partial charge in [-0.3, -0.25) is 0 Å². The molecule has 0 spiro atoms. The topological polar surface area (TPSA) is 88.1 Å². The number of methoxy groups -OCH3 is 2. The van der Waals surface area contributed by atoms with Crippen LogP contribution in [0.2, 0.25) is 0 Å². The highest BCUT2D eigenvalue weighted by molar-refractivity contribution is 5.92. The summed E-state index contributed by atoms with van der Waals surface area (Å²) in [5, 5.41) is 0. The van der Waals surface area contributed by atoms with Gasteiger partial charge in [0, 0.05) is 35.9 Å². The van der Waals surface area contributed by atoms with Gasteiger partial charge in [0.1, 0.15) is 17.4 Å². The summed E-state index contributed by atoms with van der Waals surface area (Å²) in [4.78, 5) is 33.1. The molecule has 0 saturated carbocycles. The zero-order valence-electron chi connectivity index (χ0n) is 14.0. The van der Waals surface area contributed by atoms with Crippen molar-refractivity contribution < 1.29 is 42.1 Å². The Kier molecular flexibility index (Phi) is 8.65. The smallest absolute Gasteiger partial charge is 0.336 e. The molecule has 0 fully saturated rings. The number of carbonyl (C=O) groups excluding carboxylic acids is 3. The first-order valence-electron chi connectivity index (χ1n) is 7.15. The molecule has 0 bridgehead atoms. The molecule has 0 atom stereocenters. The predicted octanol–water partition coefficient (Wildman–Crippen LogP) is 1.85. The van der Waals surface area contributed by atoms with E-state index in [2.05, 4.69) is 9.47 Å². The number of hydrogen-bond acceptors (Lipinski definition) is 7. The molecule has 0 heterocycles. The standard InChI is InChI=1S/C17H16F2O7/c1-23-15(20)4-3-7-25-10-12-13(18)8-11(9-14(12)19)26-17(22)6-5-16(21)24-2/h3-6,8-9H,7,10H2,1-2H3/b4-3+,6-5+. The highest BCUT2D eigenvalue weighted by atomic mass is 19.1. The fourth-order valence-corrected chi connectivity index (χ4v) is 1.57. The normalized spacial score (nSPS) is 10.9. The number of rotatable bonds is 8. The van der Waals surface area contributed by atoms with Gasteiger partial charge in [0.25, 0.3) is 0 Å². The maximum atomic E-state index is 13.9. The summed E-state index contributed by atoms with van der Waals surface area (Å²) < 4.78 is 46.2. The molecule has 0 aliphatic rings. The lowest BCUT2D eigenvalue weighted by molar-refractivity contribution is -0.136. The van der Waals surface area contributed by atoms with E-state index < -0.39 is 36.1 Å². The first kappa shape index (κ1) is 21.0. The highest BCUT2D eigenvalue weighted by Crippen LogP contribution is 2.21. The van der Waals surface area contributed by atoms with E-state index in [1.165, 1.54) is 13.2 Å². The second kappa shape index (κ2) is 10.7. The Morgan fingerprint density at radius 2 is 1.46 bits per heavy atom. The molecule has 0 aliphatic carbocycles. The summed E-state index contributed by atoms with van der Waals surface area (Å²) in [5.41, 5.74) is -0.374. The average molecular weight is 370 g/mol. The predicted molar refractivity (Wildman–Crippen MR) is 84.0 cm³/mol. The van der Waals surface area contributed by atoms with Crippen LogP contribution in [0.5, 0.6) is 5.75 Å². The Bertz CT molecular complexity index is 703. The van der Waals surface area contributed by atoms with Gasteiger partial charge >= 0.3 is 17.9 Å². The van der Waals surface area contributed by atoms with Crippen LogP contribution in [0.3, 0.4) is 0 Å². The van der Waals surface area contributed by atoms with Gasteiger partial charge in [0.05, 0.1) is 27.4 Å². The molecule has 1 aromatic carbocycles. The number of esters is 3. The molecule has 26 heavy (non-hydrogen) atoms. The molecule has 140 valence electrons. The Labute approximate surface area is 147 Å². The van der Waals surface area contributed by atoms with Crippen molar-refractivity contribution in [3.8, 4) is 5.75 Å². The Morgan fingerprint density at radius 1 is 0.923 bits per heavy atom. The van der Waals surface area contributed by atoms with Crippen LogP contribution in [0.15, 0.2) is 36.4 Å².